The first kappa shape index (κ1) is 17.6. The molecule has 7 heteroatoms. The fourth-order valence-electron chi connectivity index (χ4n) is 1.75. The van der Waals surface area contributed by atoms with Gasteiger partial charge in [0, 0.05) is 20.1 Å². The monoisotopic (exact) mass is 288 g/mol. The minimum absolute atomic E-state index is 0.148. The summed E-state index contributed by atoms with van der Waals surface area (Å²) in [6.45, 7) is 7.75. The van der Waals surface area contributed by atoms with Gasteiger partial charge in [0.2, 0.25) is 11.8 Å². The van der Waals surface area contributed by atoms with Crippen molar-refractivity contribution in [2.24, 2.45) is 0 Å². The molecule has 0 aromatic rings. The van der Waals surface area contributed by atoms with Crippen molar-refractivity contribution in [2.75, 3.05) is 20.3 Å². The Labute approximate surface area is 115 Å². The molecule has 0 spiro atoms. The first-order chi connectivity index (χ1) is 8.56. The van der Waals surface area contributed by atoms with Gasteiger partial charge in [-0.15, -0.1) is 0 Å². The van der Waals surface area contributed by atoms with E-state index in [2.05, 4.69) is 29.7 Å². The lowest BCUT2D eigenvalue weighted by Crippen LogP contribution is -2.51. The number of likely N-dealkylation sites (N-methyl/N-ethyl adjacent to an activating group) is 1. The van der Waals surface area contributed by atoms with Crippen LogP contribution in [0.4, 0.5) is 0 Å². The van der Waals surface area contributed by atoms with E-state index in [0.717, 1.165) is 0 Å². The molecule has 2 amide bonds. The highest BCUT2D eigenvalue weighted by Gasteiger charge is 2.28. The van der Waals surface area contributed by atoms with Crippen molar-refractivity contribution in [3.05, 3.63) is 0 Å². The smallest absolute Gasteiger partial charge is 0.308 e. The maximum absolute atomic E-state index is 12.2. The fraction of sp³-hybridized carbons (Fsp3) is 0.750. The molecule has 0 heterocycles. The largest absolute Gasteiger partial charge is 0.469 e. The van der Waals surface area contributed by atoms with E-state index in [0.29, 0.717) is 6.17 Å². The molecule has 0 fully saturated rings. The number of carbonyl (C=O) groups is 3. The number of nitrogens with one attached hydrogen (secondary N) is 1. The zero-order chi connectivity index (χ0) is 15.2. The molecule has 0 aromatic carbocycles. The van der Waals surface area contributed by atoms with Crippen LogP contribution in [0.25, 0.3) is 0 Å². The molecule has 0 saturated carbocycles. The molecule has 0 rings (SSSR count). The number of rotatable bonds is 6. The summed E-state index contributed by atoms with van der Waals surface area (Å²) in [4.78, 5) is 36.2. The molecule has 19 heavy (non-hydrogen) atoms. The summed E-state index contributed by atoms with van der Waals surface area (Å²) < 4.78 is 4.54. The van der Waals surface area contributed by atoms with Gasteiger partial charge in [0.15, 0.2) is 0 Å². The Balaban J connectivity index is 4.79. The fourth-order valence-corrected chi connectivity index (χ4v) is 3.33. The molecule has 1 N–H and O–H groups in total. The molecule has 0 aliphatic rings. The van der Waals surface area contributed by atoms with Crippen LogP contribution in [0.3, 0.4) is 0 Å². The summed E-state index contributed by atoms with van der Waals surface area (Å²) in [5.41, 5.74) is 0. The molecule has 0 saturated heterocycles. The summed E-state index contributed by atoms with van der Waals surface area (Å²) in [5, 5.41) is 2.50. The minimum Gasteiger partial charge on any atom is -0.469 e. The van der Waals surface area contributed by atoms with Gasteiger partial charge in [-0.2, -0.15) is 0 Å². The number of hydrogen-bond acceptors (Lipinski definition) is 4. The topological polar surface area (TPSA) is 75.7 Å². The second-order valence-corrected chi connectivity index (χ2v) is 11.2. The quantitative estimate of drug-likeness (QED) is 0.567. The Bertz CT molecular complexity index is 352. The second kappa shape index (κ2) is 7.27. The van der Waals surface area contributed by atoms with Crippen LogP contribution >= 0.6 is 0 Å². The normalized spacial score (nSPS) is 12.5. The van der Waals surface area contributed by atoms with Crippen LogP contribution in [-0.4, -0.2) is 57.1 Å². The summed E-state index contributed by atoms with van der Waals surface area (Å²) in [6.07, 6.45) is 0.522. The SMILES string of the molecule is COC(=O)CC(NC(C)=O)C(=O)N(C)C[Si](C)(C)C. The second-order valence-electron chi connectivity index (χ2n) is 5.79. The number of esters is 1. The lowest BCUT2D eigenvalue weighted by molar-refractivity contribution is -0.145. The van der Waals surface area contributed by atoms with Crippen molar-refractivity contribution >= 4 is 25.9 Å². The van der Waals surface area contributed by atoms with Crippen molar-refractivity contribution in [1.29, 1.82) is 0 Å². The van der Waals surface area contributed by atoms with Crippen molar-refractivity contribution < 1.29 is 19.1 Å². The van der Waals surface area contributed by atoms with Crippen molar-refractivity contribution in [2.45, 2.75) is 39.0 Å². The van der Waals surface area contributed by atoms with Gasteiger partial charge in [-0.1, -0.05) is 19.6 Å². The van der Waals surface area contributed by atoms with E-state index in [9.17, 15) is 14.4 Å². The first-order valence-corrected chi connectivity index (χ1v) is 9.86. The van der Waals surface area contributed by atoms with Gasteiger partial charge in [0.1, 0.15) is 6.04 Å². The predicted molar refractivity (Wildman–Crippen MR) is 75.2 cm³/mol. The van der Waals surface area contributed by atoms with E-state index in [-0.39, 0.29) is 18.2 Å². The number of ether oxygens (including phenoxy) is 1. The van der Waals surface area contributed by atoms with E-state index in [1.165, 1.54) is 14.0 Å². The summed E-state index contributed by atoms with van der Waals surface area (Å²) in [5.74, 6) is -1.12. The third kappa shape index (κ3) is 7.61. The molecule has 110 valence electrons. The third-order valence-electron chi connectivity index (χ3n) is 2.36. The van der Waals surface area contributed by atoms with Gasteiger partial charge in [0.25, 0.3) is 0 Å². The van der Waals surface area contributed by atoms with Crippen LogP contribution in [0, 0.1) is 0 Å². The van der Waals surface area contributed by atoms with Crippen LogP contribution in [0.1, 0.15) is 13.3 Å². The van der Waals surface area contributed by atoms with E-state index in [1.807, 2.05) is 0 Å². The van der Waals surface area contributed by atoms with Gasteiger partial charge >= 0.3 is 5.97 Å². The summed E-state index contributed by atoms with van der Waals surface area (Å²) >= 11 is 0. The van der Waals surface area contributed by atoms with Crippen LogP contribution in [0.15, 0.2) is 0 Å². The molecule has 0 aromatic heterocycles. The summed E-state index contributed by atoms with van der Waals surface area (Å²) in [6, 6.07) is -0.855. The molecule has 0 aliphatic heterocycles. The molecule has 1 atom stereocenters. The zero-order valence-corrected chi connectivity index (χ0v) is 13.6. The minimum atomic E-state index is -1.44. The number of carbonyl (C=O) groups excluding carboxylic acids is 3. The van der Waals surface area contributed by atoms with Gasteiger partial charge in [-0.25, -0.2) is 0 Å². The molecule has 0 aliphatic carbocycles. The van der Waals surface area contributed by atoms with Gasteiger partial charge in [0.05, 0.1) is 21.6 Å². The van der Waals surface area contributed by atoms with Gasteiger partial charge in [-0.3, -0.25) is 14.4 Å². The zero-order valence-electron chi connectivity index (χ0n) is 12.6. The van der Waals surface area contributed by atoms with Crippen molar-refractivity contribution in [1.82, 2.24) is 10.2 Å². The van der Waals surface area contributed by atoms with E-state index in [1.54, 1.807) is 11.9 Å². The molecule has 0 bridgehead atoms. The molecular weight excluding hydrogens is 264 g/mol. The Morgan fingerprint density at radius 2 is 1.79 bits per heavy atom. The van der Waals surface area contributed by atoms with Gasteiger partial charge < -0.3 is 15.0 Å². The van der Waals surface area contributed by atoms with Crippen molar-refractivity contribution in [3.63, 3.8) is 0 Å². The number of nitrogens with zero attached hydrogens (tertiary/aromatic N) is 1. The van der Waals surface area contributed by atoms with Gasteiger partial charge in [-0.05, 0) is 0 Å². The maximum atomic E-state index is 12.2. The summed E-state index contributed by atoms with van der Waals surface area (Å²) in [7, 11) is 1.50. The highest BCUT2D eigenvalue weighted by atomic mass is 28.3. The van der Waals surface area contributed by atoms with E-state index in [4.69, 9.17) is 0 Å². The molecular formula is C12H24N2O4Si. The average Bonchev–Trinajstić information content (AvgIpc) is 2.23. The number of amides is 2. The highest BCUT2D eigenvalue weighted by Crippen LogP contribution is 2.06. The lowest BCUT2D eigenvalue weighted by atomic mass is 10.2. The Morgan fingerprint density at radius 3 is 2.16 bits per heavy atom. The molecule has 1 unspecified atom stereocenters. The number of methoxy groups -OCH3 is 1. The van der Waals surface area contributed by atoms with Crippen LogP contribution in [-0.2, 0) is 19.1 Å². The predicted octanol–water partition coefficient (Wildman–Crippen LogP) is 0.390. The van der Waals surface area contributed by atoms with E-state index >= 15 is 0 Å². The first-order valence-electron chi connectivity index (χ1n) is 6.15. The van der Waals surface area contributed by atoms with Crippen LogP contribution in [0.2, 0.25) is 19.6 Å². The van der Waals surface area contributed by atoms with E-state index < -0.39 is 20.1 Å². The maximum Gasteiger partial charge on any atom is 0.308 e. The Kier molecular flexibility index (Phi) is 6.75. The Hall–Kier alpha value is -1.37. The highest BCUT2D eigenvalue weighted by molar-refractivity contribution is 6.76. The lowest BCUT2D eigenvalue weighted by Gasteiger charge is -2.28. The number of hydrogen-bond donors (Lipinski definition) is 1. The van der Waals surface area contributed by atoms with Crippen LogP contribution in [0.5, 0.6) is 0 Å². The van der Waals surface area contributed by atoms with Crippen LogP contribution < -0.4 is 5.32 Å². The molecule has 0 radical (unpaired) electrons. The Morgan fingerprint density at radius 1 is 1.26 bits per heavy atom. The third-order valence-corrected chi connectivity index (χ3v) is 3.78. The van der Waals surface area contributed by atoms with Crippen molar-refractivity contribution in [3.8, 4) is 0 Å². The standard InChI is InChI=1S/C12H24N2O4Si/c1-9(15)13-10(7-11(16)18-3)12(17)14(2)8-19(4,5)6/h10H,7-8H2,1-6H3,(H,13,15). The average molecular weight is 288 g/mol. The molecule has 6 nitrogen and oxygen atoms in total.